The third kappa shape index (κ3) is 0.357. The Bertz CT molecular complexity index is 192. The maximum atomic E-state index is 4.11. The predicted octanol–water partition coefficient (Wildman–Crippen LogP) is 2.36. The topological polar surface area (TPSA) is 0 Å². The van der Waals surface area contributed by atoms with Crippen LogP contribution in [0.15, 0.2) is 12.2 Å². The first-order valence-electron chi connectivity index (χ1n) is 4.00. The lowest BCUT2D eigenvalue weighted by atomic mass is 9.97. The van der Waals surface area contributed by atoms with Crippen LogP contribution in [0.3, 0.4) is 0 Å². The van der Waals surface area contributed by atoms with Gasteiger partial charge in [-0.05, 0) is 42.9 Å². The van der Waals surface area contributed by atoms with E-state index in [1.807, 2.05) is 0 Å². The second-order valence-corrected chi connectivity index (χ2v) is 4.09. The lowest BCUT2D eigenvalue weighted by Gasteiger charge is -2.09. The fourth-order valence-corrected chi connectivity index (χ4v) is 2.87. The highest BCUT2D eigenvalue weighted by atomic mass is 14.8. The number of hydrogen-bond donors (Lipinski definition) is 0. The van der Waals surface area contributed by atoms with Gasteiger partial charge in [0.05, 0.1) is 0 Å². The summed E-state index contributed by atoms with van der Waals surface area (Å²) >= 11 is 0. The molecule has 0 aromatic heterocycles. The van der Waals surface area contributed by atoms with Crippen molar-refractivity contribution < 1.29 is 0 Å². The molecule has 0 bridgehead atoms. The first-order valence-corrected chi connectivity index (χ1v) is 4.00. The van der Waals surface area contributed by atoms with E-state index in [0.29, 0.717) is 0 Å². The van der Waals surface area contributed by atoms with Crippen LogP contribution >= 0.6 is 0 Å². The Kier molecular flexibility index (Phi) is 0.505. The first-order chi connectivity index (χ1) is 4.33. The molecule has 48 valence electrons. The van der Waals surface area contributed by atoms with Crippen LogP contribution in [0, 0.1) is 17.3 Å². The molecule has 3 rings (SSSR count). The van der Waals surface area contributed by atoms with Crippen LogP contribution in [0.1, 0.15) is 25.7 Å². The molecule has 0 N–H and O–H groups in total. The van der Waals surface area contributed by atoms with E-state index in [2.05, 4.69) is 6.58 Å². The van der Waals surface area contributed by atoms with Gasteiger partial charge in [-0.25, -0.2) is 0 Å². The molecule has 3 unspecified atom stereocenters. The first kappa shape index (κ1) is 4.54. The van der Waals surface area contributed by atoms with E-state index in [0.717, 1.165) is 17.3 Å². The Hall–Kier alpha value is -0.260. The minimum Gasteiger partial charge on any atom is -0.0996 e. The summed E-state index contributed by atoms with van der Waals surface area (Å²) < 4.78 is 0. The molecule has 0 aromatic rings. The summed E-state index contributed by atoms with van der Waals surface area (Å²) in [6.45, 7) is 4.11. The molecule has 0 heteroatoms. The van der Waals surface area contributed by atoms with E-state index in [9.17, 15) is 0 Å². The fourth-order valence-electron chi connectivity index (χ4n) is 2.87. The Morgan fingerprint density at radius 1 is 1.44 bits per heavy atom. The summed E-state index contributed by atoms with van der Waals surface area (Å²) in [7, 11) is 0. The van der Waals surface area contributed by atoms with Gasteiger partial charge >= 0.3 is 0 Å². The molecule has 0 radical (unpaired) electrons. The zero-order chi connectivity index (χ0) is 6.06. The van der Waals surface area contributed by atoms with Crippen molar-refractivity contribution in [3.8, 4) is 0 Å². The Morgan fingerprint density at radius 3 is 3.11 bits per heavy atom. The maximum Gasteiger partial charge on any atom is -0.0141 e. The van der Waals surface area contributed by atoms with E-state index >= 15 is 0 Å². The van der Waals surface area contributed by atoms with Gasteiger partial charge in [0.2, 0.25) is 0 Å². The van der Waals surface area contributed by atoms with Gasteiger partial charge < -0.3 is 0 Å². The summed E-state index contributed by atoms with van der Waals surface area (Å²) in [6, 6.07) is 0. The van der Waals surface area contributed by atoms with Gasteiger partial charge in [-0.3, -0.25) is 0 Å². The number of rotatable bonds is 0. The van der Waals surface area contributed by atoms with Crippen molar-refractivity contribution in [3.63, 3.8) is 0 Å². The van der Waals surface area contributed by atoms with Crippen molar-refractivity contribution in [2.24, 2.45) is 17.3 Å². The monoisotopic (exact) mass is 120 g/mol. The van der Waals surface area contributed by atoms with Gasteiger partial charge in [0.1, 0.15) is 0 Å². The zero-order valence-corrected chi connectivity index (χ0v) is 5.69. The van der Waals surface area contributed by atoms with Crippen molar-refractivity contribution in [3.05, 3.63) is 12.2 Å². The second-order valence-electron chi connectivity index (χ2n) is 4.09. The molecule has 3 saturated carbocycles. The molecule has 0 heterocycles. The molecule has 0 nitrogen and oxygen atoms in total. The quantitative estimate of drug-likeness (QED) is 0.430. The van der Waals surface area contributed by atoms with E-state index in [1.165, 1.54) is 19.3 Å². The molecule has 3 atom stereocenters. The summed E-state index contributed by atoms with van der Waals surface area (Å²) in [5.74, 6) is 2.14. The summed E-state index contributed by atoms with van der Waals surface area (Å²) in [6.07, 6.45) is 5.87. The SMILES string of the molecule is C=C1CCC2CC23CC13. The lowest BCUT2D eigenvalue weighted by molar-refractivity contribution is 0.555. The van der Waals surface area contributed by atoms with Gasteiger partial charge in [-0.15, -0.1) is 0 Å². The van der Waals surface area contributed by atoms with Crippen LogP contribution in [-0.4, -0.2) is 0 Å². The second kappa shape index (κ2) is 1.00. The van der Waals surface area contributed by atoms with Crippen molar-refractivity contribution >= 4 is 0 Å². The fraction of sp³-hybridized carbons (Fsp3) is 0.778. The highest BCUT2D eigenvalue weighted by Crippen LogP contribution is 2.80. The van der Waals surface area contributed by atoms with Crippen LogP contribution < -0.4 is 0 Å². The third-order valence-electron chi connectivity index (χ3n) is 3.70. The summed E-state index contributed by atoms with van der Waals surface area (Å²) in [5, 5.41) is 0. The maximum absolute atomic E-state index is 4.11. The predicted molar refractivity (Wildman–Crippen MR) is 37.0 cm³/mol. The number of allylic oxidation sites excluding steroid dienone is 1. The van der Waals surface area contributed by atoms with Crippen LogP contribution in [0.5, 0.6) is 0 Å². The molecule has 0 saturated heterocycles. The van der Waals surface area contributed by atoms with Crippen LogP contribution in [0.25, 0.3) is 0 Å². The molecular weight excluding hydrogens is 108 g/mol. The van der Waals surface area contributed by atoms with Crippen LogP contribution in [0.4, 0.5) is 0 Å². The van der Waals surface area contributed by atoms with Crippen molar-refractivity contribution in [1.29, 1.82) is 0 Å². The highest BCUT2D eigenvalue weighted by molar-refractivity contribution is 5.31. The van der Waals surface area contributed by atoms with Crippen molar-refractivity contribution in [1.82, 2.24) is 0 Å². The Labute approximate surface area is 56.0 Å². The lowest BCUT2D eigenvalue weighted by Crippen LogP contribution is -1.97. The summed E-state index contributed by atoms with van der Waals surface area (Å²) in [5.41, 5.74) is 2.46. The van der Waals surface area contributed by atoms with E-state index < -0.39 is 0 Å². The van der Waals surface area contributed by atoms with Gasteiger partial charge in [-0.1, -0.05) is 12.2 Å². The smallest absolute Gasteiger partial charge is 0.0141 e. The molecule has 0 amide bonds. The standard InChI is InChI=1S/C9H12/c1-6-2-3-7-4-9(7)5-8(6)9/h7-8H,1-5H2. The molecule has 1 spiro atoms. The summed E-state index contributed by atoms with van der Waals surface area (Å²) in [4.78, 5) is 0. The minimum absolute atomic E-state index is 0.884. The van der Waals surface area contributed by atoms with Crippen LogP contribution in [-0.2, 0) is 0 Å². The van der Waals surface area contributed by atoms with E-state index in [1.54, 1.807) is 12.0 Å². The molecular formula is C9H12. The molecule has 0 aromatic carbocycles. The largest absolute Gasteiger partial charge is 0.0996 e. The molecule has 3 fully saturated rings. The Morgan fingerprint density at radius 2 is 2.33 bits per heavy atom. The van der Waals surface area contributed by atoms with E-state index in [4.69, 9.17) is 0 Å². The third-order valence-corrected chi connectivity index (χ3v) is 3.70. The van der Waals surface area contributed by atoms with E-state index in [-0.39, 0.29) is 0 Å². The zero-order valence-electron chi connectivity index (χ0n) is 5.69. The average molecular weight is 120 g/mol. The normalized spacial score (nSPS) is 60.2. The van der Waals surface area contributed by atoms with Crippen LogP contribution in [0.2, 0.25) is 0 Å². The highest BCUT2D eigenvalue weighted by Gasteiger charge is 2.71. The van der Waals surface area contributed by atoms with Gasteiger partial charge in [0.25, 0.3) is 0 Å². The molecule has 3 aliphatic carbocycles. The molecule has 9 heavy (non-hydrogen) atoms. The van der Waals surface area contributed by atoms with Gasteiger partial charge in [-0.2, -0.15) is 0 Å². The van der Waals surface area contributed by atoms with Crippen molar-refractivity contribution in [2.75, 3.05) is 0 Å². The average Bonchev–Trinajstić information content (AvgIpc) is 2.64. The number of hydrogen-bond acceptors (Lipinski definition) is 0. The Balaban J connectivity index is 1.99. The minimum atomic E-state index is 0.884. The van der Waals surface area contributed by atoms with Crippen molar-refractivity contribution in [2.45, 2.75) is 25.7 Å². The molecule has 3 aliphatic rings. The van der Waals surface area contributed by atoms with Gasteiger partial charge in [0, 0.05) is 0 Å². The molecule has 0 aliphatic heterocycles. The van der Waals surface area contributed by atoms with Gasteiger partial charge in [0.15, 0.2) is 0 Å².